The molecule has 17 heavy (non-hydrogen) atoms. The number of halogens is 2. The number of aromatic nitrogens is 1. The fraction of sp³-hybridized carbons (Fsp3) is 0.583. The van der Waals surface area contributed by atoms with E-state index in [1.165, 1.54) is 0 Å². The zero-order valence-corrected chi connectivity index (χ0v) is 11.0. The third-order valence-electron chi connectivity index (χ3n) is 2.85. The van der Waals surface area contributed by atoms with Gasteiger partial charge in [0, 0.05) is 25.0 Å². The fourth-order valence-electron chi connectivity index (χ4n) is 1.79. The Morgan fingerprint density at radius 1 is 1.35 bits per heavy atom. The molecule has 0 saturated carbocycles. The van der Waals surface area contributed by atoms with Gasteiger partial charge in [0.25, 0.3) is 0 Å². The van der Waals surface area contributed by atoms with E-state index in [1.807, 2.05) is 0 Å². The highest BCUT2D eigenvalue weighted by molar-refractivity contribution is 6.34. The van der Waals surface area contributed by atoms with Gasteiger partial charge in [-0.2, -0.15) is 0 Å². The maximum Gasteiger partial charge on any atom is 0.130 e. The van der Waals surface area contributed by atoms with Gasteiger partial charge >= 0.3 is 0 Å². The molecular formula is C12H15Cl2NO2. The molecule has 3 nitrogen and oxygen atoms in total. The summed E-state index contributed by atoms with van der Waals surface area (Å²) < 4.78 is 11.0. The minimum atomic E-state index is 0.406. The van der Waals surface area contributed by atoms with E-state index in [2.05, 4.69) is 4.98 Å². The Morgan fingerprint density at radius 3 is 2.82 bits per heavy atom. The highest BCUT2D eigenvalue weighted by Crippen LogP contribution is 2.20. The summed E-state index contributed by atoms with van der Waals surface area (Å²) in [5, 5.41) is 1.01. The summed E-state index contributed by atoms with van der Waals surface area (Å²) in [6.07, 6.45) is 3.81. The Labute approximate surface area is 111 Å². The maximum atomic E-state index is 6.03. The molecule has 0 radical (unpaired) electrons. The Balaban J connectivity index is 1.77. The second-order valence-corrected chi connectivity index (χ2v) is 4.96. The van der Waals surface area contributed by atoms with E-state index in [4.69, 9.17) is 32.7 Å². The molecule has 0 bridgehead atoms. The lowest BCUT2D eigenvalue weighted by Gasteiger charge is -2.21. The molecule has 0 spiro atoms. The van der Waals surface area contributed by atoms with Crippen molar-refractivity contribution in [2.45, 2.75) is 19.4 Å². The summed E-state index contributed by atoms with van der Waals surface area (Å²) in [4.78, 5) is 3.99. The van der Waals surface area contributed by atoms with Crippen molar-refractivity contribution in [3.05, 3.63) is 28.0 Å². The van der Waals surface area contributed by atoms with Crippen LogP contribution in [-0.4, -0.2) is 24.8 Å². The van der Waals surface area contributed by atoms with Gasteiger partial charge in [-0.05, 0) is 24.8 Å². The SMILES string of the molecule is Clc1cc(Cl)c(COCC2CCOCC2)cn1. The first-order valence-corrected chi connectivity index (χ1v) is 6.46. The van der Waals surface area contributed by atoms with Gasteiger partial charge in [-0.15, -0.1) is 0 Å². The van der Waals surface area contributed by atoms with Gasteiger partial charge in [0.15, 0.2) is 0 Å². The molecule has 0 unspecified atom stereocenters. The van der Waals surface area contributed by atoms with Gasteiger partial charge in [0.1, 0.15) is 5.15 Å². The highest BCUT2D eigenvalue weighted by Gasteiger charge is 2.14. The molecule has 0 atom stereocenters. The third-order valence-corrected chi connectivity index (χ3v) is 3.41. The smallest absolute Gasteiger partial charge is 0.130 e. The van der Waals surface area contributed by atoms with Crippen LogP contribution < -0.4 is 0 Å². The van der Waals surface area contributed by atoms with Gasteiger partial charge in [-0.25, -0.2) is 4.98 Å². The van der Waals surface area contributed by atoms with Crippen molar-refractivity contribution in [1.29, 1.82) is 0 Å². The topological polar surface area (TPSA) is 31.4 Å². The van der Waals surface area contributed by atoms with Crippen molar-refractivity contribution in [2.24, 2.45) is 5.92 Å². The Kier molecular flexibility index (Phi) is 5.04. The molecule has 0 N–H and O–H groups in total. The molecule has 0 aliphatic carbocycles. The van der Waals surface area contributed by atoms with Crippen LogP contribution in [-0.2, 0) is 16.1 Å². The monoisotopic (exact) mass is 275 g/mol. The van der Waals surface area contributed by atoms with Crippen LogP contribution in [0.15, 0.2) is 12.3 Å². The Morgan fingerprint density at radius 2 is 2.12 bits per heavy atom. The normalized spacial score (nSPS) is 17.3. The van der Waals surface area contributed by atoms with Gasteiger partial charge in [-0.1, -0.05) is 23.2 Å². The van der Waals surface area contributed by atoms with Crippen LogP contribution in [0.25, 0.3) is 0 Å². The van der Waals surface area contributed by atoms with E-state index in [0.717, 1.165) is 38.2 Å². The van der Waals surface area contributed by atoms with E-state index < -0.39 is 0 Å². The van der Waals surface area contributed by atoms with E-state index in [0.29, 0.717) is 22.7 Å². The molecule has 5 heteroatoms. The van der Waals surface area contributed by atoms with Crippen LogP contribution in [0.1, 0.15) is 18.4 Å². The van der Waals surface area contributed by atoms with Gasteiger partial charge in [0.2, 0.25) is 0 Å². The molecule has 1 aliphatic heterocycles. The van der Waals surface area contributed by atoms with Crippen molar-refractivity contribution < 1.29 is 9.47 Å². The van der Waals surface area contributed by atoms with E-state index in [9.17, 15) is 0 Å². The molecule has 2 heterocycles. The number of nitrogens with zero attached hydrogens (tertiary/aromatic N) is 1. The minimum Gasteiger partial charge on any atom is -0.381 e. The summed E-state index contributed by atoms with van der Waals surface area (Å²) in [5.41, 5.74) is 0.878. The number of hydrogen-bond donors (Lipinski definition) is 0. The molecule has 0 amide bonds. The summed E-state index contributed by atoms with van der Waals surface area (Å²) in [5.74, 6) is 0.600. The predicted molar refractivity (Wildman–Crippen MR) is 67.5 cm³/mol. The standard InChI is InChI=1S/C12H15Cl2NO2/c13-11-5-12(14)15-6-10(11)8-17-7-9-1-3-16-4-2-9/h5-6,9H,1-4,7-8H2. The number of rotatable bonds is 4. The van der Waals surface area contributed by atoms with E-state index in [-0.39, 0.29) is 0 Å². The first kappa shape index (κ1) is 13.1. The molecular weight excluding hydrogens is 261 g/mol. The lowest BCUT2D eigenvalue weighted by atomic mass is 10.0. The van der Waals surface area contributed by atoms with Gasteiger partial charge < -0.3 is 9.47 Å². The molecule has 1 saturated heterocycles. The van der Waals surface area contributed by atoms with Crippen molar-refractivity contribution in [1.82, 2.24) is 4.98 Å². The summed E-state index contributed by atoms with van der Waals surface area (Å²) in [6, 6.07) is 1.64. The summed E-state index contributed by atoms with van der Waals surface area (Å²) in [7, 11) is 0. The molecule has 1 fully saturated rings. The predicted octanol–water partition coefficient (Wildman–Crippen LogP) is 3.33. The Hall–Kier alpha value is -0.350. The largest absolute Gasteiger partial charge is 0.381 e. The maximum absolute atomic E-state index is 6.03. The van der Waals surface area contributed by atoms with Gasteiger partial charge in [-0.3, -0.25) is 0 Å². The van der Waals surface area contributed by atoms with Crippen LogP contribution in [0.5, 0.6) is 0 Å². The average Bonchev–Trinajstić information content (AvgIpc) is 2.33. The van der Waals surface area contributed by atoms with Crippen LogP contribution in [0.3, 0.4) is 0 Å². The zero-order chi connectivity index (χ0) is 12.1. The van der Waals surface area contributed by atoms with Crippen molar-refractivity contribution >= 4 is 23.2 Å². The summed E-state index contributed by atoms with van der Waals surface area (Å²) in [6.45, 7) is 2.93. The second kappa shape index (κ2) is 6.55. The lowest BCUT2D eigenvalue weighted by Crippen LogP contribution is -2.20. The summed E-state index contributed by atoms with van der Waals surface area (Å²) >= 11 is 11.7. The number of ether oxygens (including phenoxy) is 2. The molecule has 1 aliphatic rings. The van der Waals surface area contributed by atoms with Crippen molar-refractivity contribution in [2.75, 3.05) is 19.8 Å². The first-order chi connectivity index (χ1) is 8.25. The van der Waals surface area contributed by atoms with Crippen molar-refractivity contribution in [3.8, 4) is 0 Å². The molecule has 1 aromatic heterocycles. The lowest BCUT2D eigenvalue weighted by molar-refractivity contribution is 0.0157. The molecule has 2 rings (SSSR count). The van der Waals surface area contributed by atoms with Gasteiger partial charge in [0.05, 0.1) is 18.2 Å². The first-order valence-electron chi connectivity index (χ1n) is 5.71. The third kappa shape index (κ3) is 4.11. The van der Waals surface area contributed by atoms with Crippen LogP contribution in [0.4, 0.5) is 0 Å². The zero-order valence-electron chi connectivity index (χ0n) is 9.49. The van der Waals surface area contributed by atoms with Crippen LogP contribution >= 0.6 is 23.2 Å². The number of hydrogen-bond acceptors (Lipinski definition) is 3. The molecule has 1 aromatic rings. The Bertz CT molecular complexity index is 368. The van der Waals surface area contributed by atoms with Crippen LogP contribution in [0.2, 0.25) is 10.2 Å². The van der Waals surface area contributed by atoms with E-state index in [1.54, 1.807) is 12.3 Å². The second-order valence-electron chi connectivity index (χ2n) is 4.17. The quantitative estimate of drug-likeness (QED) is 0.790. The van der Waals surface area contributed by atoms with Crippen molar-refractivity contribution in [3.63, 3.8) is 0 Å². The van der Waals surface area contributed by atoms with E-state index >= 15 is 0 Å². The fourth-order valence-corrected chi connectivity index (χ4v) is 2.21. The molecule has 0 aromatic carbocycles. The minimum absolute atomic E-state index is 0.406. The van der Waals surface area contributed by atoms with Crippen LogP contribution in [0, 0.1) is 5.92 Å². The highest BCUT2D eigenvalue weighted by atomic mass is 35.5. The number of pyridine rings is 1. The average molecular weight is 276 g/mol. The molecule has 94 valence electrons.